The number of anilines is 1. The Hall–Kier alpha value is -2.35. The summed E-state index contributed by atoms with van der Waals surface area (Å²) < 4.78 is 44.2. The molecule has 5 nitrogen and oxygen atoms in total. The van der Waals surface area contributed by atoms with Gasteiger partial charge in [0.05, 0.1) is 0 Å². The summed E-state index contributed by atoms with van der Waals surface area (Å²) in [6.07, 6.45) is -2.63. The molecule has 0 spiro atoms. The predicted octanol–water partition coefficient (Wildman–Crippen LogP) is 3.08. The second-order valence-corrected chi connectivity index (χ2v) is 6.27. The van der Waals surface area contributed by atoms with Gasteiger partial charge in [-0.1, -0.05) is 18.2 Å². The van der Waals surface area contributed by atoms with Gasteiger partial charge in [-0.2, -0.15) is 13.2 Å². The number of rotatable bonds is 6. The van der Waals surface area contributed by atoms with Crippen molar-refractivity contribution in [3.05, 3.63) is 48.4 Å². The van der Waals surface area contributed by atoms with Crippen LogP contribution in [0.2, 0.25) is 0 Å². The van der Waals surface area contributed by atoms with Crippen LogP contribution in [0, 0.1) is 0 Å². The quantitative estimate of drug-likeness (QED) is 0.786. The molecule has 1 saturated heterocycles. The number of ether oxygens (including phenoxy) is 1. The number of hydrogen-bond acceptors (Lipinski definition) is 5. The monoisotopic (exact) mass is 366 g/mol. The number of likely N-dealkylation sites (tertiary alicyclic amines) is 1. The zero-order chi connectivity index (χ0) is 18.6. The number of aromatic nitrogens is 2. The standard InChI is InChI=1S/C18H21F3N4O/c1-24(17-11-16(18(19,20)21)22-13-23-17)14-7-8-25(12-14)9-10-26-15-5-3-2-4-6-15/h2-6,11,13-14H,7-10,12H2,1H3. The van der Waals surface area contributed by atoms with Crippen LogP contribution in [0.15, 0.2) is 42.7 Å². The lowest BCUT2D eigenvalue weighted by Crippen LogP contribution is -2.36. The van der Waals surface area contributed by atoms with E-state index >= 15 is 0 Å². The average Bonchev–Trinajstić information content (AvgIpc) is 3.10. The summed E-state index contributed by atoms with van der Waals surface area (Å²) in [6.45, 7) is 2.99. The third-order valence-electron chi connectivity index (χ3n) is 4.52. The summed E-state index contributed by atoms with van der Waals surface area (Å²) in [7, 11) is 1.77. The van der Waals surface area contributed by atoms with E-state index in [4.69, 9.17) is 4.74 Å². The maximum atomic E-state index is 12.8. The maximum Gasteiger partial charge on any atom is 0.433 e. The van der Waals surface area contributed by atoms with Crippen LogP contribution in [-0.2, 0) is 6.18 Å². The summed E-state index contributed by atoms with van der Waals surface area (Å²) in [5.41, 5.74) is -0.916. The highest BCUT2D eigenvalue weighted by molar-refractivity contribution is 5.40. The van der Waals surface area contributed by atoms with Crippen LogP contribution in [-0.4, -0.2) is 54.2 Å². The number of para-hydroxylation sites is 1. The fourth-order valence-electron chi connectivity index (χ4n) is 3.02. The van der Waals surface area contributed by atoms with Crippen LogP contribution in [0.1, 0.15) is 12.1 Å². The minimum atomic E-state index is -4.46. The summed E-state index contributed by atoms with van der Waals surface area (Å²) in [6, 6.07) is 10.7. The Balaban J connectivity index is 1.52. The van der Waals surface area contributed by atoms with Gasteiger partial charge in [-0.15, -0.1) is 0 Å². The van der Waals surface area contributed by atoms with Gasteiger partial charge in [-0.3, -0.25) is 4.90 Å². The average molecular weight is 366 g/mol. The van der Waals surface area contributed by atoms with Crippen molar-refractivity contribution in [1.82, 2.24) is 14.9 Å². The smallest absolute Gasteiger partial charge is 0.433 e. The number of likely N-dealkylation sites (N-methyl/N-ethyl adjacent to an activating group) is 1. The highest BCUT2D eigenvalue weighted by atomic mass is 19.4. The lowest BCUT2D eigenvalue weighted by Gasteiger charge is -2.26. The van der Waals surface area contributed by atoms with Crippen LogP contribution in [0.25, 0.3) is 0 Å². The minimum absolute atomic E-state index is 0.114. The molecule has 0 radical (unpaired) electrons. The van der Waals surface area contributed by atoms with Crippen LogP contribution in [0.4, 0.5) is 19.0 Å². The van der Waals surface area contributed by atoms with Crippen molar-refractivity contribution < 1.29 is 17.9 Å². The number of benzene rings is 1. The first kappa shape index (κ1) is 18.4. The van der Waals surface area contributed by atoms with Gasteiger partial charge in [0.15, 0.2) is 0 Å². The summed E-state index contributed by atoms with van der Waals surface area (Å²) in [5, 5.41) is 0. The van der Waals surface area contributed by atoms with Crippen molar-refractivity contribution in [1.29, 1.82) is 0 Å². The molecule has 0 amide bonds. The molecule has 2 aromatic rings. The Labute approximate surface area is 150 Å². The van der Waals surface area contributed by atoms with E-state index in [1.54, 1.807) is 11.9 Å². The minimum Gasteiger partial charge on any atom is -0.492 e. The molecule has 1 unspecified atom stereocenters. The zero-order valence-corrected chi connectivity index (χ0v) is 14.5. The first-order chi connectivity index (χ1) is 12.4. The van der Waals surface area contributed by atoms with Gasteiger partial charge in [0.2, 0.25) is 0 Å². The molecule has 0 saturated carbocycles. The van der Waals surface area contributed by atoms with Gasteiger partial charge in [0, 0.05) is 38.8 Å². The van der Waals surface area contributed by atoms with Crippen molar-refractivity contribution in [2.75, 3.05) is 38.2 Å². The Morgan fingerprint density at radius 3 is 2.73 bits per heavy atom. The maximum absolute atomic E-state index is 12.8. The lowest BCUT2D eigenvalue weighted by molar-refractivity contribution is -0.141. The molecule has 26 heavy (non-hydrogen) atoms. The number of nitrogens with zero attached hydrogens (tertiary/aromatic N) is 4. The van der Waals surface area contributed by atoms with Crippen molar-refractivity contribution in [3.63, 3.8) is 0 Å². The molecule has 0 bridgehead atoms. The molecular formula is C18H21F3N4O. The first-order valence-electron chi connectivity index (χ1n) is 8.46. The van der Waals surface area contributed by atoms with E-state index in [-0.39, 0.29) is 6.04 Å². The van der Waals surface area contributed by atoms with E-state index in [1.165, 1.54) is 0 Å². The van der Waals surface area contributed by atoms with E-state index in [9.17, 15) is 13.2 Å². The third kappa shape index (κ3) is 4.63. The van der Waals surface area contributed by atoms with Crippen molar-refractivity contribution in [3.8, 4) is 5.75 Å². The largest absolute Gasteiger partial charge is 0.492 e. The topological polar surface area (TPSA) is 41.5 Å². The van der Waals surface area contributed by atoms with E-state index < -0.39 is 11.9 Å². The lowest BCUT2D eigenvalue weighted by atomic mass is 10.2. The molecule has 1 aromatic carbocycles. The van der Waals surface area contributed by atoms with Crippen LogP contribution in [0.3, 0.4) is 0 Å². The van der Waals surface area contributed by atoms with Gasteiger partial charge in [0.25, 0.3) is 0 Å². The molecule has 1 aromatic heterocycles. The van der Waals surface area contributed by atoms with Gasteiger partial charge < -0.3 is 9.64 Å². The normalized spacial score (nSPS) is 18.1. The Morgan fingerprint density at radius 2 is 2.00 bits per heavy atom. The Bertz CT molecular complexity index is 711. The number of halogens is 3. The summed E-state index contributed by atoms with van der Waals surface area (Å²) >= 11 is 0. The molecule has 2 heterocycles. The second kappa shape index (κ2) is 7.90. The Kier molecular flexibility index (Phi) is 5.61. The summed E-state index contributed by atoms with van der Waals surface area (Å²) in [4.78, 5) is 11.4. The highest BCUT2D eigenvalue weighted by Gasteiger charge is 2.34. The second-order valence-electron chi connectivity index (χ2n) is 6.27. The van der Waals surface area contributed by atoms with E-state index in [2.05, 4.69) is 14.9 Å². The van der Waals surface area contributed by atoms with Crippen LogP contribution >= 0.6 is 0 Å². The molecule has 1 aliphatic rings. The molecule has 1 aliphatic heterocycles. The highest BCUT2D eigenvalue weighted by Crippen LogP contribution is 2.29. The Morgan fingerprint density at radius 1 is 1.23 bits per heavy atom. The van der Waals surface area contributed by atoms with E-state index in [0.29, 0.717) is 12.4 Å². The van der Waals surface area contributed by atoms with E-state index in [1.807, 2.05) is 30.3 Å². The van der Waals surface area contributed by atoms with Gasteiger partial charge in [0.1, 0.15) is 30.2 Å². The molecular weight excluding hydrogens is 345 g/mol. The molecule has 8 heteroatoms. The fourth-order valence-corrected chi connectivity index (χ4v) is 3.02. The van der Waals surface area contributed by atoms with Crippen LogP contribution in [0.5, 0.6) is 5.75 Å². The molecule has 140 valence electrons. The molecule has 0 aliphatic carbocycles. The predicted molar refractivity (Wildman–Crippen MR) is 92.2 cm³/mol. The van der Waals surface area contributed by atoms with Gasteiger partial charge in [-0.05, 0) is 18.6 Å². The number of alkyl halides is 3. The van der Waals surface area contributed by atoms with Crippen molar-refractivity contribution in [2.45, 2.75) is 18.6 Å². The van der Waals surface area contributed by atoms with E-state index in [0.717, 1.165) is 44.2 Å². The third-order valence-corrected chi connectivity index (χ3v) is 4.52. The fraction of sp³-hybridized carbons (Fsp3) is 0.444. The molecule has 1 fully saturated rings. The van der Waals surface area contributed by atoms with Crippen molar-refractivity contribution >= 4 is 5.82 Å². The number of hydrogen-bond donors (Lipinski definition) is 0. The molecule has 0 N–H and O–H groups in total. The zero-order valence-electron chi connectivity index (χ0n) is 14.5. The molecule has 1 atom stereocenters. The first-order valence-corrected chi connectivity index (χ1v) is 8.46. The van der Waals surface area contributed by atoms with Crippen LogP contribution < -0.4 is 9.64 Å². The van der Waals surface area contributed by atoms with Gasteiger partial charge >= 0.3 is 6.18 Å². The van der Waals surface area contributed by atoms with Crippen molar-refractivity contribution in [2.24, 2.45) is 0 Å². The molecule has 3 rings (SSSR count). The summed E-state index contributed by atoms with van der Waals surface area (Å²) in [5.74, 6) is 1.13. The van der Waals surface area contributed by atoms with Gasteiger partial charge in [-0.25, -0.2) is 9.97 Å². The SMILES string of the molecule is CN(c1cc(C(F)(F)F)ncn1)C1CCN(CCOc2ccccc2)C1.